The quantitative estimate of drug-likeness (QED) is 0.747. The van der Waals surface area contributed by atoms with Gasteiger partial charge in [0.25, 0.3) is 5.91 Å². The van der Waals surface area contributed by atoms with Gasteiger partial charge in [-0.1, -0.05) is 23.2 Å². The summed E-state index contributed by atoms with van der Waals surface area (Å²) in [7, 11) is 0. The molecule has 104 valence electrons. The first-order valence-corrected chi connectivity index (χ1v) is 7.44. The lowest BCUT2D eigenvalue weighted by atomic mass is 9.99. The Morgan fingerprint density at radius 2 is 1.75 bits per heavy atom. The van der Waals surface area contributed by atoms with E-state index in [-0.39, 0.29) is 24.0 Å². The van der Waals surface area contributed by atoms with Crippen molar-refractivity contribution in [1.82, 2.24) is 4.90 Å². The number of carbonyl (C=O) groups excluding carboxylic acids is 2. The number of nitrogens with zero attached hydrogens (tertiary/aromatic N) is 2. The van der Waals surface area contributed by atoms with E-state index in [1.807, 2.05) is 0 Å². The van der Waals surface area contributed by atoms with Crippen molar-refractivity contribution >= 4 is 40.8 Å². The van der Waals surface area contributed by atoms with Crippen LogP contribution in [0.1, 0.15) is 19.3 Å². The largest absolute Gasteiger partial charge is 0.332 e. The minimum atomic E-state index is -0.279. The second-order valence-electron chi connectivity index (χ2n) is 5.66. The maximum Gasteiger partial charge on any atom is 0.332 e. The van der Waals surface area contributed by atoms with Gasteiger partial charge in [-0.15, -0.1) is 0 Å². The third-order valence-electron chi connectivity index (χ3n) is 4.58. The Hall–Kier alpha value is -1.26. The Labute approximate surface area is 126 Å². The molecular weight excluding hydrogens is 299 g/mol. The van der Waals surface area contributed by atoms with Crippen molar-refractivity contribution < 1.29 is 9.59 Å². The molecule has 1 aliphatic carbocycles. The molecule has 3 aliphatic rings. The van der Waals surface area contributed by atoms with Crippen LogP contribution in [0.5, 0.6) is 0 Å². The van der Waals surface area contributed by atoms with E-state index in [1.54, 1.807) is 23.1 Å². The number of imide groups is 1. The van der Waals surface area contributed by atoms with E-state index < -0.39 is 0 Å². The highest BCUT2D eigenvalue weighted by Crippen LogP contribution is 2.47. The molecule has 0 N–H and O–H groups in total. The molecule has 2 heterocycles. The van der Waals surface area contributed by atoms with Gasteiger partial charge < -0.3 is 4.90 Å². The molecule has 3 atom stereocenters. The molecule has 0 unspecified atom stereocenters. The highest BCUT2D eigenvalue weighted by molar-refractivity contribution is 6.35. The molecule has 2 saturated heterocycles. The molecule has 20 heavy (non-hydrogen) atoms. The maximum atomic E-state index is 12.6. The number of amides is 3. The molecule has 1 aromatic carbocycles. The number of piperidine rings is 1. The summed E-state index contributed by atoms with van der Waals surface area (Å²) in [4.78, 5) is 28.1. The van der Waals surface area contributed by atoms with Gasteiger partial charge in [-0.2, -0.15) is 0 Å². The molecule has 1 aromatic rings. The average molecular weight is 311 g/mol. The van der Waals surface area contributed by atoms with Crippen LogP contribution in [0.2, 0.25) is 10.0 Å². The minimum Gasteiger partial charge on any atom is -0.309 e. The topological polar surface area (TPSA) is 40.6 Å². The summed E-state index contributed by atoms with van der Waals surface area (Å²) < 4.78 is 0. The summed E-state index contributed by atoms with van der Waals surface area (Å²) in [5, 5.41) is 0.839. The molecule has 0 aromatic heterocycles. The fraction of sp³-hybridized carbons (Fsp3) is 0.429. The van der Waals surface area contributed by atoms with Gasteiger partial charge in [-0.3, -0.25) is 4.79 Å². The first kappa shape index (κ1) is 12.5. The molecule has 3 amide bonds. The van der Waals surface area contributed by atoms with Crippen LogP contribution in [0.15, 0.2) is 18.2 Å². The molecule has 1 saturated carbocycles. The van der Waals surface area contributed by atoms with E-state index in [2.05, 4.69) is 0 Å². The maximum absolute atomic E-state index is 12.6. The molecule has 4 rings (SSSR count). The van der Waals surface area contributed by atoms with Crippen LogP contribution in [0.3, 0.4) is 0 Å². The summed E-state index contributed by atoms with van der Waals surface area (Å²) in [6.45, 7) is 0. The van der Waals surface area contributed by atoms with Gasteiger partial charge in [-0.05, 0) is 43.4 Å². The molecule has 3 fully saturated rings. The van der Waals surface area contributed by atoms with Gasteiger partial charge in [0, 0.05) is 16.1 Å². The summed E-state index contributed by atoms with van der Waals surface area (Å²) in [5.41, 5.74) is 0.464. The number of urea groups is 1. The number of fused-ring (bicyclic) bond motifs is 5. The molecule has 4 nitrogen and oxygen atoms in total. The zero-order chi connectivity index (χ0) is 14.0. The number of benzene rings is 1. The second kappa shape index (κ2) is 4.12. The van der Waals surface area contributed by atoms with E-state index in [0.29, 0.717) is 21.7 Å². The predicted molar refractivity (Wildman–Crippen MR) is 76.1 cm³/mol. The van der Waals surface area contributed by atoms with Crippen LogP contribution < -0.4 is 4.90 Å². The van der Waals surface area contributed by atoms with Crippen molar-refractivity contribution in [2.24, 2.45) is 5.92 Å². The lowest BCUT2D eigenvalue weighted by molar-refractivity contribution is -0.120. The lowest BCUT2D eigenvalue weighted by Gasteiger charge is -2.25. The van der Waals surface area contributed by atoms with Crippen molar-refractivity contribution in [2.45, 2.75) is 31.3 Å². The van der Waals surface area contributed by atoms with Gasteiger partial charge in [0.2, 0.25) is 0 Å². The van der Waals surface area contributed by atoms with Gasteiger partial charge in [0.15, 0.2) is 0 Å². The first-order valence-electron chi connectivity index (χ1n) is 6.68. The van der Waals surface area contributed by atoms with Crippen LogP contribution in [-0.4, -0.2) is 28.9 Å². The normalized spacial score (nSPS) is 31.4. The highest BCUT2D eigenvalue weighted by atomic mass is 35.5. The number of hydrogen-bond donors (Lipinski definition) is 0. The fourth-order valence-corrected chi connectivity index (χ4v) is 4.34. The number of anilines is 1. The van der Waals surface area contributed by atoms with Crippen LogP contribution in [0, 0.1) is 5.92 Å². The van der Waals surface area contributed by atoms with E-state index in [9.17, 15) is 9.59 Å². The second-order valence-corrected chi connectivity index (χ2v) is 6.54. The van der Waals surface area contributed by atoms with Crippen LogP contribution in [0.4, 0.5) is 10.5 Å². The highest BCUT2D eigenvalue weighted by Gasteiger charge is 2.59. The Balaban J connectivity index is 1.76. The Kier molecular flexibility index (Phi) is 2.57. The third kappa shape index (κ3) is 1.55. The van der Waals surface area contributed by atoms with Crippen LogP contribution in [0.25, 0.3) is 0 Å². The third-order valence-corrected chi connectivity index (χ3v) is 5.01. The monoisotopic (exact) mass is 310 g/mol. The van der Waals surface area contributed by atoms with Crippen molar-refractivity contribution in [2.75, 3.05) is 4.90 Å². The summed E-state index contributed by atoms with van der Waals surface area (Å²) >= 11 is 11.9. The average Bonchev–Trinajstić information content (AvgIpc) is 3.02. The summed E-state index contributed by atoms with van der Waals surface area (Å²) in [6, 6.07) is 4.51. The van der Waals surface area contributed by atoms with E-state index in [0.717, 1.165) is 19.3 Å². The minimum absolute atomic E-state index is 0.138. The van der Waals surface area contributed by atoms with Crippen LogP contribution >= 0.6 is 23.2 Å². The van der Waals surface area contributed by atoms with E-state index in [1.165, 1.54) is 4.90 Å². The molecule has 2 bridgehead atoms. The smallest absolute Gasteiger partial charge is 0.309 e. The van der Waals surface area contributed by atoms with Crippen molar-refractivity contribution in [3.8, 4) is 0 Å². The Morgan fingerprint density at radius 1 is 1.05 bits per heavy atom. The van der Waals surface area contributed by atoms with Gasteiger partial charge in [-0.25, -0.2) is 9.69 Å². The zero-order valence-corrected chi connectivity index (χ0v) is 12.1. The first-order chi connectivity index (χ1) is 9.56. The Morgan fingerprint density at radius 3 is 2.40 bits per heavy atom. The lowest BCUT2D eigenvalue weighted by Crippen LogP contribution is -2.40. The van der Waals surface area contributed by atoms with Gasteiger partial charge >= 0.3 is 6.03 Å². The number of hydrogen-bond acceptors (Lipinski definition) is 2. The van der Waals surface area contributed by atoms with E-state index in [4.69, 9.17) is 23.2 Å². The standard InChI is InChI=1S/C14H12Cl2N2O2/c15-8-4-9(16)6-11(5-8)18-13(19)12-7-1-2-10(3-7)17(12)14(18)20/h4-7,10,12H,1-3H2/t7-,10+,12+/m1/s1. The fourth-order valence-electron chi connectivity index (χ4n) is 3.83. The molecule has 0 spiro atoms. The van der Waals surface area contributed by atoms with Crippen LogP contribution in [-0.2, 0) is 4.79 Å². The van der Waals surface area contributed by atoms with E-state index >= 15 is 0 Å². The number of rotatable bonds is 1. The Bertz CT molecular complexity index is 585. The zero-order valence-electron chi connectivity index (χ0n) is 10.6. The van der Waals surface area contributed by atoms with Crippen molar-refractivity contribution in [3.05, 3.63) is 28.2 Å². The SMILES string of the molecule is O=C1[C@@H]2[C@@H]3CC[C@@H](C3)N2C(=O)N1c1cc(Cl)cc(Cl)c1. The predicted octanol–water partition coefficient (Wildman–Crippen LogP) is 3.31. The molecular formula is C14H12Cl2N2O2. The number of carbonyl (C=O) groups is 2. The summed E-state index contributed by atoms with van der Waals surface area (Å²) in [6.07, 6.45) is 3.01. The number of halogens is 2. The molecule has 2 aliphatic heterocycles. The summed E-state index contributed by atoms with van der Waals surface area (Å²) in [5.74, 6) is 0.177. The van der Waals surface area contributed by atoms with Gasteiger partial charge in [0.1, 0.15) is 6.04 Å². The molecule has 0 radical (unpaired) electrons. The van der Waals surface area contributed by atoms with Crippen molar-refractivity contribution in [1.29, 1.82) is 0 Å². The van der Waals surface area contributed by atoms with Crippen molar-refractivity contribution in [3.63, 3.8) is 0 Å². The van der Waals surface area contributed by atoms with Gasteiger partial charge in [0.05, 0.1) is 5.69 Å². The molecule has 6 heteroatoms.